The molecule has 3 aromatic carbocycles. The molecular weight excluding hydrogens is 458 g/mol. The average Bonchev–Trinajstić information content (AvgIpc) is 2.88. The smallest absolute Gasteiger partial charge is 0.306 e. The van der Waals surface area contributed by atoms with Crippen LogP contribution in [0.2, 0.25) is 0 Å². The Bertz CT molecular complexity index is 1460. The molecule has 0 saturated carbocycles. The van der Waals surface area contributed by atoms with Crippen molar-refractivity contribution in [1.82, 2.24) is 4.57 Å². The number of nitrogens with zero attached hydrogens (tertiary/aromatic N) is 1. The molecule has 36 heavy (non-hydrogen) atoms. The number of aryl methyl sites for hydroxylation is 2. The predicted molar refractivity (Wildman–Crippen MR) is 138 cm³/mol. The minimum atomic E-state index is -0.735. The molecule has 2 N–H and O–H groups in total. The molecule has 7 nitrogen and oxygen atoms in total. The molecule has 0 unspecified atom stereocenters. The van der Waals surface area contributed by atoms with Crippen molar-refractivity contribution < 1.29 is 24.5 Å². The molecule has 0 spiro atoms. The molecule has 1 aromatic heterocycles. The third kappa shape index (κ3) is 4.91. The van der Waals surface area contributed by atoms with E-state index >= 15 is 0 Å². The van der Waals surface area contributed by atoms with Gasteiger partial charge in [0.1, 0.15) is 17.2 Å². The summed E-state index contributed by atoms with van der Waals surface area (Å²) in [5.41, 5.74) is 2.07. The summed E-state index contributed by atoms with van der Waals surface area (Å²) in [5, 5.41) is 22.2. The van der Waals surface area contributed by atoms with Gasteiger partial charge in [0.15, 0.2) is 0 Å². The number of aromatic hydroxyl groups is 2. The zero-order chi connectivity index (χ0) is 25.8. The molecule has 0 aliphatic rings. The number of ether oxygens (including phenoxy) is 2. The lowest BCUT2D eigenvalue weighted by atomic mass is 9.85. The molecule has 0 amide bonds. The second-order valence-electron chi connectivity index (χ2n) is 8.69. The first-order chi connectivity index (χ1) is 17.3. The van der Waals surface area contributed by atoms with Crippen molar-refractivity contribution in [2.45, 2.75) is 32.2 Å². The van der Waals surface area contributed by atoms with Gasteiger partial charge in [0.2, 0.25) is 0 Å². The lowest BCUT2D eigenvalue weighted by molar-refractivity contribution is -0.140. The molecule has 1 atom stereocenters. The Morgan fingerprint density at radius 2 is 1.67 bits per heavy atom. The molecule has 0 bridgehead atoms. The number of hydrogen-bond acceptors (Lipinski definition) is 6. The van der Waals surface area contributed by atoms with Gasteiger partial charge in [-0.1, -0.05) is 42.5 Å². The summed E-state index contributed by atoms with van der Waals surface area (Å²) in [6.07, 6.45) is 0.440. The average molecular weight is 488 g/mol. The van der Waals surface area contributed by atoms with Crippen LogP contribution < -0.4 is 10.3 Å². The van der Waals surface area contributed by atoms with E-state index in [0.717, 1.165) is 21.9 Å². The van der Waals surface area contributed by atoms with Crippen LogP contribution in [0.5, 0.6) is 17.2 Å². The molecule has 0 saturated heterocycles. The highest BCUT2D eigenvalue weighted by atomic mass is 16.5. The van der Waals surface area contributed by atoms with E-state index in [-0.39, 0.29) is 29.0 Å². The lowest BCUT2D eigenvalue weighted by Gasteiger charge is -2.22. The minimum Gasteiger partial charge on any atom is -0.508 e. The Balaban J connectivity index is 1.85. The summed E-state index contributed by atoms with van der Waals surface area (Å²) in [4.78, 5) is 26.3. The first-order valence-corrected chi connectivity index (χ1v) is 11.7. The topological polar surface area (TPSA) is 98.0 Å². The molecule has 1 heterocycles. The Morgan fingerprint density at radius 1 is 0.972 bits per heavy atom. The molecule has 0 fully saturated rings. The minimum absolute atomic E-state index is 0.114. The summed E-state index contributed by atoms with van der Waals surface area (Å²) in [6, 6.07) is 19.6. The Hall–Kier alpha value is -4.26. The maximum atomic E-state index is 13.8. The number of phenolic OH excluding ortho intramolecular Hbond substituents is 1. The number of benzene rings is 3. The van der Waals surface area contributed by atoms with Crippen LogP contribution in [0.15, 0.2) is 71.5 Å². The summed E-state index contributed by atoms with van der Waals surface area (Å²) >= 11 is 0. The van der Waals surface area contributed by atoms with E-state index in [9.17, 15) is 19.8 Å². The first kappa shape index (κ1) is 24.9. The van der Waals surface area contributed by atoms with E-state index in [2.05, 4.69) is 0 Å². The third-order valence-electron chi connectivity index (χ3n) is 6.54. The van der Waals surface area contributed by atoms with E-state index in [4.69, 9.17) is 9.47 Å². The maximum Gasteiger partial charge on any atom is 0.306 e. The van der Waals surface area contributed by atoms with Gasteiger partial charge in [-0.2, -0.15) is 0 Å². The van der Waals surface area contributed by atoms with Crippen LogP contribution >= 0.6 is 0 Å². The quantitative estimate of drug-likeness (QED) is 0.351. The fraction of sp³-hybridized carbons (Fsp3) is 0.241. The van der Waals surface area contributed by atoms with E-state index in [0.29, 0.717) is 24.4 Å². The van der Waals surface area contributed by atoms with E-state index in [1.54, 1.807) is 55.0 Å². The SMILES string of the molecule is COC(=O)C[C@@H](c1c(O)cc(C)n(CCc2ccc(O)cc2)c1=O)c1ccc(OC)c2ccccc12. The standard InChI is InChI=1S/C29H29NO6/c1-18-16-25(32)28(29(34)30(18)15-14-19-8-10-20(31)11-9-19)24(17-27(33)36-3)22-12-13-26(35-2)23-7-5-4-6-21(22)23/h4-13,16,24,31-32H,14-15,17H2,1-3H3/t24-/m1/s1. The van der Waals surface area contributed by atoms with Crippen LogP contribution in [0, 0.1) is 6.92 Å². The third-order valence-corrected chi connectivity index (χ3v) is 6.54. The number of fused-ring (bicyclic) bond motifs is 1. The Labute approximate surface area is 209 Å². The van der Waals surface area contributed by atoms with Gasteiger partial charge in [0.05, 0.1) is 26.2 Å². The molecule has 4 rings (SSSR count). The van der Waals surface area contributed by atoms with E-state index in [1.807, 2.05) is 30.3 Å². The highest BCUT2D eigenvalue weighted by Crippen LogP contribution is 2.39. The molecule has 186 valence electrons. The van der Waals surface area contributed by atoms with Gasteiger partial charge in [-0.15, -0.1) is 0 Å². The van der Waals surface area contributed by atoms with E-state index < -0.39 is 11.9 Å². The van der Waals surface area contributed by atoms with Crippen molar-refractivity contribution in [3.8, 4) is 17.2 Å². The van der Waals surface area contributed by atoms with Crippen LogP contribution in [0.3, 0.4) is 0 Å². The lowest BCUT2D eigenvalue weighted by Crippen LogP contribution is -2.29. The summed E-state index contributed by atoms with van der Waals surface area (Å²) < 4.78 is 12.1. The number of esters is 1. The number of aromatic nitrogens is 1. The zero-order valence-corrected chi connectivity index (χ0v) is 20.5. The van der Waals surface area contributed by atoms with Crippen molar-refractivity contribution in [1.29, 1.82) is 0 Å². The Morgan fingerprint density at radius 3 is 2.33 bits per heavy atom. The molecule has 4 aromatic rings. The highest BCUT2D eigenvalue weighted by Gasteiger charge is 2.28. The normalized spacial score (nSPS) is 11.9. The van der Waals surface area contributed by atoms with Gasteiger partial charge >= 0.3 is 5.97 Å². The summed E-state index contributed by atoms with van der Waals surface area (Å²) in [7, 11) is 2.89. The number of hydrogen-bond donors (Lipinski definition) is 2. The number of rotatable bonds is 8. The molecule has 0 radical (unpaired) electrons. The number of carbonyl (C=O) groups excluding carboxylic acids is 1. The second kappa shape index (κ2) is 10.6. The summed E-state index contributed by atoms with van der Waals surface area (Å²) in [5.74, 6) is -0.537. The van der Waals surface area contributed by atoms with Crippen LogP contribution in [-0.2, 0) is 22.5 Å². The monoisotopic (exact) mass is 487 g/mol. The van der Waals surface area contributed by atoms with Crippen LogP contribution in [0.25, 0.3) is 10.8 Å². The van der Waals surface area contributed by atoms with Crippen LogP contribution in [0.1, 0.15) is 34.7 Å². The van der Waals surface area contributed by atoms with Gasteiger partial charge < -0.3 is 24.3 Å². The number of methoxy groups -OCH3 is 2. The van der Waals surface area contributed by atoms with Crippen molar-refractivity contribution in [2.75, 3.05) is 14.2 Å². The predicted octanol–water partition coefficient (Wildman–Crippen LogP) is 4.67. The van der Waals surface area contributed by atoms with Crippen LogP contribution in [0.4, 0.5) is 0 Å². The number of pyridine rings is 1. The number of phenols is 1. The van der Waals surface area contributed by atoms with Crippen LogP contribution in [-0.4, -0.2) is 35.0 Å². The van der Waals surface area contributed by atoms with Gasteiger partial charge in [0, 0.05) is 23.5 Å². The van der Waals surface area contributed by atoms with Gasteiger partial charge in [0.25, 0.3) is 5.56 Å². The molecular formula is C29H29NO6. The van der Waals surface area contributed by atoms with E-state index in [1.165, 1.54) is 7.11 Å². The summed E-state index contributed by atoms with van der Waals surface area (Å²) in [6.45, 7) is 2.14. The van der Waals surface area contributed by atoms with Crippen molar-refractivity contribution >= 4 is 16.7 Å². The van der Waals surface area contributed by atoms with Crippen molar-refractivity contribution in [3.63, 3.8) is 0 Å². The highest BCUT2D eigenvalue weighted by molar-refractivity contribution is 5.92. The fourth-order valence-corrected chi connectivity index (χ4v) is 4.67. The van der Waals surface area contributed by atoms with Crippen molar-refractivity contribution in [3.05, 3.63) is 99.5 Å². The molecule has 0 aliphatic carbocycles. The van der Waals surface area contributed by atoms with Gasteiger partial charge in [-0.05, 0) is 54.1 Å². The number of carbonyl (C=O) groups is 1. The fourth-order valence-electron chi connectivity index (χ4n) is 4.67. The second-order valence-corrected chi connectivity index (χ2v) is 8.69. The van der Waals surface area contributed by atoms with Gasteiger partial charge in [-0.25, -0.2) is 0 Å². The molecule has 7 heteroatoms. The largest absolute Gasteiger partial charge is 0.508 e. The maximum absolute atomic E-state index is 13.8. The first-order valence-electron chi connectivity index (χ1n) is 11.7. The Kier molecular flexibility index (Phi) is 7.29. The zero-order valence-electron chi connectivity index (χ0n) is 20.5. The van der Waals surface area contributed by atoms with Gasteiger partial charge in [-0.3, -0.25) is 9.59 Å². The molecule has 0 aliphatic heterocycles. The van der Waals surface area contributed by atoms with Crippen molar-refractivity contribution in [2.24, 2.45) is 0 Å².